The second kappa shape index (κ2) is 6.36. The van der Waals surface area contributed by atoms with E-state index in [2.05, 4.69) is 40.3 Å². The van der Waals surface area contributed by atoms with Gasteiger partial charge in [-0.15, -0.1) is 0 Å². The van der Waals surface area contributed by atoms with E-state index in [9.17, 15) is 4.57 Å². The van der Waals surface area contributed by atoms with E-state index < -0.39 is 5.20 Å². The number of aromatic hydroxyl groups is 1. The lowest BCUT2D eigenvalue weighted by Crippen LogP contribution is -1.67. The summed E-state index contributed by atoms with van der Waals surface area (Å²) in [6, 6.07) is 6.89. The minimum absolute atomic E-state index is 0.292. The van der Waals surface area contributed by atoms with E-state index in [1.807, 2.05) is 12.1 Å². The Balaban J connectivity index is 0.000000292. The fourth-order valence-electron chi connectivity index (χ4n) is 0.610. The fraction of sp³-hybridized carbons (Fsp3) is 0. The molecule has 0 atom stereocenters. The molecule has 1 N–H and O–H groups in total. The standard InChI is InChI=1S/C8H8O.Cl3OP/c1-2-7-3-5-8(9)6-4-7;1-5(2,3)4/h2-6,9H,1H2;. The molecule has 0 radical (unpaired) electrons. The van der Waals surface area contributed by atoms with Crippen LogP contribution in [0.1, 0.15) is 5.56 Å². The third-order valence-electron chi connectivity index (χ3n) is 1.13. The quantitative estimate of drug-likeness (QED) is 0.743. The lowest BCUT2D eigenvalue weighted by atomic mass is 10.2. The van der Waals surface area contributed by atoms with E-state index in [-0.39, 0.29) is 0 Å². The molecule has 0 fully saturated rings. The largest absolute Gasteiger partial charge is 0.508 e. The van der Waals surface area contributed by atoms with Crippen LogP contribution in [0.3, 0.4) is 0 Å². The van der Waals surface area contributed by atoms with Crippen LogP contribution >= 0.6 is 38.9 Å². The maximum atomic E-state index is 9.51. The van der Waals surface area contributed by atoms with E-state index in [4.69, 9.17) is 5.11 Å². The summed E-state index contributed by atoms with van der Waals surface area (Å²) in [6.07, 6.45) is 1.74. The summed E-state index contributed by atoms with van der Waals surface area (Å²) in [5, 5.41) is 5.60. The molecule has 0 heterocycles. The predicted molar refractivity (Wildman–Crippen MR) is 63.4 cm³/mol. The molecule has 0 bridgehead atoms. The summed E-state index contributed by atoms with van der Waals surface area (Å²) < 4.78 is 9.51. The second-order valence-corrected chi connectivity index (χ2v) is 8.83. The summed E-state index contributed by atoms with van der Waals surface area (Å²) in [6.45, 7) is 3.58. The van der Waals surface area contributed by atoms with Gasteiger partial charge in [0.15, 0.2) is 0 Å². The van der Waals surface area contributed by atoms with Crippen molar-refractivity contribution >= 4 is 45.0 Å². The van der Waals surface area contributed by atoms with E-state index in [1.165, 1.54) is 0 Å². The van der Waals surface area contributed by atoms with Crippen LogP contribution in [0.5, 0.6) is 5.75 Å². The van der Waals surface area contributed by atoms with Crippen molar-refractivity contribution in [2.24, 2.45) is 0 Å². The molecule has 0 aromatic heterocycles. The number of halogens is 3. The Morgan fingerprint density at radius 2 is 1.57 bits per heavy atom. The van der Waals surface area contributed by atoms with Crippen molar-refractivity contribution in [1.82, 2.24) is 0 Å². The first-order valence-electron chi connectivity index (χ1n) is 3.43. The first-order chi connectivity index (χ1) is 6.33. The van der Waals surface area contributed by atoms with Gasteiger partial charge in [0.1, 0.15) is 5.75 Å². The first kappa shape index (κ1) is 13.9. The van der Waals surface area contributed by atoms with Crippen LogP contribution in [0.2, 0.25) is 0 Å². The zero-order chi connectivity index (χ0) is 11.2. The molecule has 2 nitrogen and oxygen atoms in total. The van der Waals surface area contributed by atoms with Gasteiger partial charge >= 0.3 is 5.20 Å². The maximum Gasteiger partial charge on any atom is 0.339 e. The fourth-order valence-corrected chi connectivity index (χ4v) is 0.610. The Kier molecular flexibility index (Phi) is 6.30. The molecule has 14 heavy (non-hydrogen) atoms. The van der Waals surface area contributed by atoms with Crippen molar-refractivity contribution < 1.29 is 9.67 Å². The highest BCUT2D eigenvalue weighted by Crippen LogP contribution is 2.61. The number of rotatable bonds is 1. The van der Waals surface area contributed by atoms with Gasteiger partial charge in [0.05, 0.1) is 0 Å². The lowest BCUT2D eigenvalue weighted by Gasteiger charge is -1.90. The third-order valence-corrected chi connectivity index (χ3v) is 1.13. The topological polar surface area (TPSA) is 37.3 Å². The first-order valence-corrected chi connectivity index (χ1v) is 7.85. The average molecular weight is 273 g/mol. The Hall–Kier alpha value is -0.140. The van der Waals surface area contributed by atoms with Gasteiger partial charge in [-0.2, -0.15) is 0 Å². The minimum Gasteiger partial charge on any atom is -0.508 e. The molecule has 78 valence electrons. The van der Waals surface area contributed by atoms with Gasteiger partial charge in [-0.3, -0.25) is 4.57 Å². The Labute approximate surface area is 96.8 Å². The van der Waals surface area contributed by atoms with Crippen LogP contribution in [0, 0.1) is 0 Å². The van der Waals surface area contributed by atoms with Gasteiger partial charge in [0, 0.05) is 0 Å². The molecule has 0 aliphatic rings. The molecule has 0 aliphatic heterocycles. The highest BCUT2D eigenvalue weighted by molar-refractivity contribution is 8.24. The van der Waals surface area contributed by atoms with Crippen LogP contribution < -0.4 is 0 Å². The third kappa shape index (κ3) is 9.94. The highest BCUT2D eigenvalue weighted by Gasteiger charge is 2.02. The van der Waals surface area contributed by atoms with E-state index >= 15 is 0 Å². The molecule has 1 aromatic carbocycles. The molecule has 0 saturated heterocycles. The average Bonchev–Trinajstić information content (AvgIpc) is 2.03. The molecule has 1 aromatic rings. The molecule has 6 heteroatoms. The monoisotopic (exact) mass is 272 g/mol. The summed E-state index contributed by atoms with van der Waals surface area (Å²) >= 11 is 13.8. The molecule has 0 amide bonds. The van der Waals surface area contributed by atoms with Crippen molar-refractivity contribution in [3.05, 3.63) is 36.4 Å². The van der Waals surface area contributed by atoms with Crippen molar-refractivity contribution in [3.8, 4) is 5.75 Å². The number of hydrogen-bond acceptors (Lipinski definition) is 2. The smallest absolute Gasteiger partial charge is 0.339 e. The summed E-state index contributed by atoms with van der Waals surface area (Å²) in [5.41, 5.74) is 1.02. The van der Waals surface area contributed by atoms with Crippen molar-refractivity contribution in [2.75, 3.05) is 0 Å². The van der Waals surface area contributed by atoms with Crippen LogP contribution in [0.15, 0.2) is 30.8 Å². The normalized spacial score (nSPS) is 9.93. The van der Waals surface area contributed by atoms with Gasteiger partial charge in [-0.1, -0.05) is 24.8 Å². The lowest BCUT2D eigenvalue weighted by molar-refractivity contribution is 0.475. The Bertz CT molecular complexity index is 323. The summed E-state index contributed by atoms with van der Waals surface area (Å²) in [7, 11) is 0. The van der Waals surface area contributed by atoms with Gasteiger partial charge in [0.2, 0.25) is 0 Å². The van der Waals surface area contributed by atoms with Crippen molar-refractivity contribution in [3.63, 3.8) is 0 Å². The summed E-state index contributed by atoms with van der Waals surface area (Å²) in [4.78, 5) is 0. The van der Waals surface area contributed by atoms with Gasteiger partial charge in [-0.05, 0) is 51.4 Å². The number of phenolic OH excluding ortho intramolecular Hbond substituents is 1. The number of hydrogen-bond donors (Lipinski definition) is 1. The number of benzene rings is 1. The highest BCUT2D eigenvalue weighted by atomic mass is 36.0. The van der Waals surface area contributed by atoms with Crippen molar-refractivity contribution in [1.29, 1.82) is 0 Å². The van der Waals surface area contributed by atoms with Crippen LogP contribution in [-0.2, 0) is 4.57 Å². The van der Waals surface area contributed by atoms with Gasteiger partial charge < -0.3 is 5.11 Å². The molecule has 0 unspecified atom stereocenters. The van der Waals surface area contributed by atoms with Crippen LogP contribution in [-0.4, -0.2) is 5.11 Å². The maximum absolute atomic E-state index is 9.51. The molecule has 0 spiro atoms. The SMILES string of the molecule is C=Cc1ccc(O)cc1.O=P(Cl)(Cl)Cl. The zero-order valence-electron chi connectivity index (χ0n) is 7.03. The minimum atomic E-state index is -3.22. The van der Waals surface area contributed by atoms with E-state index in [1.54, 1.807) is 18.2 Å². The zero-order valence-corrected chi connectivity index (χ0v) is 10.2. The number of phenols is 1. The predicted octanol–water partition coefficient (Wildman–Crippen LogP) is 4.85. The molecular formula is C8H8Cl3O2P. The second-order valence-electron chi connectivity index (χ2n) is 2.19. The van der Waals surface area contributed by atoms with Gasteiger partial charge in [-0.25, -0.2) is 0 Å². The molecular weight excluding hydrogens is 265 g/mol. The Morgan fingerprint density at radius 3 is 1.86 bits per heavy atom. The van der Waals surface area contributed by atoms with E-state index in [0.29, 0.717) is 5.75 Å². The molecule has 1 rings (SSSR count). The van der Waals surface area contributed by atoms with Gasteiger partial charge in [0.25, 0.3) is 0 Å². The summed E-state index contributed by atoms with van der Waals surface area (Å²) in [5.74, 6) is 0.292. The Morgan fingerprint density at radius 1 is 1.21 bits per heavy atom. The molecule has 0 aliphatic carbocycles. The molecule has 0 saturated carbocycles. The van der Waals surface area contributed by atoms with Crippen molar-refractivity contribution in [2.45, 2.75) is 0 Å². The van der Waals surface area contributed by atoms with Crippen LogP contribution in [0.25, 0.3) is 6.08 Å². The van der Waals surface area contributed by atoms with Crippen LogP contribution in [0.4, 0.5) is 0 Å². The van der Waals surface area contributed by atoms with E-state index in [0.717, 1.165) is 5.56 Å².